The van der Waals surface area contributed by atoms with Gasteiger partial charge in [-0.3, -0.25) is 0 Å². The molecule has 2 aromatic carbocycles. The third-order valence-corrected chi connectivity index (χ3v) is 4.24. The number of carboxylic acids is 1. The Morgan fingerprint density at radius 2 is 1.41 bits per heavy atom. The molecule has 2 rings (SSSR count). The lowest BCUT2D eigenvalue weighted by Gasteiger charge is -2.04. The fourth-order valence-electron chi connectivity index (χ4n) is 2.58. The van der Waals surface area contributed by atoms with Crippen LogP contribution >= 0.6 is 0 Å². The Bertz CT molecular complexity index is 653. The van der Waals surface area contributed by atoms with Crippen LogP contribution in [0.25, 0.3) is 0 Å². The van der Waals surface area contributed by atoms with Gasteiger partial charge in [0.2, 0.25) is 0 Å². The number of unbranched alkanes of at least 4 members (excludes halogenated alkanes) is 6. The number of aliphatic carboxylic acids is 1. The highest BCUT2D eigenvalue weighted by atomic mass is 16.4. The van der Waals surface area contributed by atoms with Gasteiger partial charge in [0.15, 0.2) is 0 Å². The van der Waals surface area contributed by atoms with E-state index in [4.69, 9.17) is 10.2 Å². The maximum atomic E-state index is 9.58. The number of phenols is 1. The van der Waals surface area contributed by atoms with E-state index >= 15 is 0 Å². The van der Waals surface area contributed by atoms with Crippen molar-refractivity contribution in [1.82, 2.24) is 0 Å². The fraction of sp³-hybridized carbons (Fsp3) is 0.400. The van der Waals surface area contributed by atoms with Crippen LogP contribution in [0.5, 0.6) is 5.75 Å². The van der Waals surface area contributed by atoms with E-state index in [1.807, 2.05) is 48.5 Å². The van der Waals surface area contributed by atoms with Gasteiger partial charge >= 0.3 is 5.97 Å². The Hall–Kier alpha value is -2.59. The molecule has 0 amide bonds. The molecule has 0 aliphatic carbocycles. The minimum absolute atomic E-state index is 0.140. The molecule has 4 heteroatoms. The molecule has 0 heterocycles. The van der Waals surface area contributed by atoms with Gasteiger partial charge in [0.1, 0.15) is 5.75 Å². The molecule has 2 aromatic rings. The van der Waals surface area contributed by atoms with Crippen LogP contribution < -0.4 is 0 Å². The average Bonchev–Trinajstić information content (AvgIpc) is 2.75. The number of aliphatic hydroxyl groups is 1. The number of benzene rings is 2. The summed E-state index contributed by atoms with van der Waals surface area (Å²) >= 11 is 0. The van der Waals surface area contributed by atoms with Crippen molar-refractivity contribution in [3.05, 3.63) is 78.4 Å². The molecular formula is C25H36O4. The molecule has 3 N–H and O–H groups in total. The molecule has 0 bridgehead atoms. The number of aliphatic hydroxyl groups excluding tert-OH is 1. The number of aromatic hydroxyl groups is 1. The Morgan fingerprint density at radius 1 is 0.897 bits per heavy atom. The average molecular weight is 401 g/mol. The third kappa shape index (κ3) is 16.1. The Morgan fingerprint density at radius 3 is 1.90 bits per heavy atom. The van der Waals surface area contributed by atoms with E-state index in [0.29, 0.717) is 5.75 Å². The van der Waals surface area contributed by atoms with Gasteiger partial charge in [-0.25, -0.2) is 4.79 Å². The molecule has 29 heavy (non-hydrogen) atoms. The molecule has 4 nitrogen and oxygen atoms in total. The lowest BCUT2D eigenvalue weighted by atomic mass is 10.0. The van der Waals surface area contributed by atoms with Gasteiger partial charge < -0.3 is 15.3 Å². The number of hydrogen-bond acceptors (Lipinski definition) is 3. The fourth-order valence-corrected chi connectivity index (χ4v) is 2.58. The lowest BCUT2D eigenvalue weighted by molar-refractivity contribution is -0.131. The molecule has 0 radical (unpaired) electrons. The maximum Gasteiger partial charge on any atom is 0.327 e. The van der Waals surface area contributed by atoms with Gasteiger partial charge in [-0.05, 0) is 30.0 Å². The topological polar surface area (TPSA) is 77.8 Å². The maximum absolute atomic E-state index is 9.58. The van der Waals surface area contributed by atoms with Crippen molar-refractivity contribution < 1.29 is 20.1 Å². The molecule has 0 saturated heterocycles. The summed E-state index contributed by atoms with van der Waals surface area (Å²) in [6.07, 6.45) is 11.1. The molecule has 0 atom stereocenters. The van der Waals surface area contributed by atoms with Gasteiger partial charge in [0.25, 0.3) is 0 Å². The molecule has 160 valence electrons. The number of para-hydroxylation sites is 1. The zero-order valence-electron chi connectivity index (χ0n) is 17.6. The van der Waals surface area contributed by atoms with Gasteiger partial charge in [-0.15, -0.1) is 0 Å². The largest absolute Gasteiger partial charge is 0.508 e. The number of carboxylic acid groups (broad SMARTS) is 1. The summed E-state index contributed by atoms with van der Waals surface area (Å²) in [5.74, 6) is -0.529. The standard InChI is InChI=1S/C15H24O.C7H8O.C3H4O2/c1-2-3-4-5-6-7-8-11-14-12-9-10-13-15(14)16;8-6-7-4-2-1-3-5-7;1-2-3(4)5/h9-10,12-13,16H,2-8,11H2,1H3;1-5,8H,6H2;2H,1H2,(H,4,5). The van der Waals surface area contributed by atoms with Crippen LogP contribution in [-0.2, 0) is 17.8 Å². The van der Waals surface area contributed by atoms with E-state index < -0.39 is 5.97 Å². The summed E-state index contributed by atoms with van der Waals surface area (Å²) in [4.78, 5) is 9.25. The van der Waals surface area contributed by atoms with Crippen LogP contribution in [0.2, 0.25) is 0 Å². The second-order valence-corrected chi connectivity index (χ2v) is 6.69. The van der Waals surface area contributed by atoms with Crippen molar-refractivity contribution in [1.29, 1.82) is 0 Å². The summed E-state index contributed by atoms with van der Waals surface area (Å²) in [7, 11) is 0. The van der Waals surface area contributed by atoms with Crippen molar-refractivity contribution in [3.63, 3.8) is 0 Å². The van der Waals surface area contributed by atoms with Crippen LogP contribution in [-0.4, -0.2) is 21.3 Å². The first-order chi connectivity index (χ1) is 14.0. The first kappa shape index (κ1) is 26.4. The van der Waals surface area contributed by atoms with Gasteiger partial charge in [-0.1, -0.05) is 101 Å². The van der Waals surface area contributed by atoms with E-state index in [1.165, 1.54) is 44.9 Å². The zero-order valence-corrected chi connectivity index (χ0v) is 17.6. The predicted octanol–water partition coefficient (Wildman–Crippen LogP) is 6.12. The van der Waals surface area contributed by atoms with Crippen molar-refractivity contribution in [2.45, 2.75) is 64.9 Å². The quantitative estimate of drug-likeness (QED) is 0.331. The highest BCUT2D eigenvalue weighted by molar-refractivity contribution is 5.78. The number of hydrogen-bond donors (Lipinski definition) is 3. The summed E-state index contributed by atoms with van der Waals surface area (Å²) in [5.41, 5.74) is 2.06. The van der Waals surface area contributed by atoms with Crippen LogP contribution in [0.4, 0.5) is 0 Å². The highest BCUT2D eigenvalue weighted by Gasteiger charge is 1.98. The molecule has 0 unspecified atom stereocenters. The predicted molar refractivity (Wildman–Crippen MR) is 120 cm³/mol. The van der Waals surface area contributed by atoms with Crippen molar-refractivity contribution in [3.8, 4) is 5.75 Å². The molecule has 0 saturated carbocycles. The van der Waals surface area contributed by atoms with Gasteiger partial charge in [-0.2, -0.15) is 0 Å². The monoisotopic (exact) mass is 400 g/mol. The summed E-state index contributed by atoms with van der Waals surface area (Å²) < 4.78 is 0. The van der Waals surface area contributed by atoms with Crippen molar-refractivity contribution in [2.24, 2.45) is 0 Å². The normalized spacial score (nSPS) is 9.45. The van der Waals surface area contributed by atoms with Crippen LogP contribution in [0.15, 0.2) is 67.3 Å². The van der Waals surface area contributed by atoms with E-state index in [2.05, 4.69) is 13.5 Å². The number of rotatable bonds is 10. The van der Waals surface area contributed by atoms with Crippen LogP contribution in [0.3, 0.4) is 0 Å². The second-order valence-electron chi connectivity index (χ2n) is 6.69. The molecule has 0 fully saturated rings. The Balaban J connectivity index is 0.000000498. The number of carbonyl (C=O) groups is 1. The van der Waals surface area contributed by atoms with E-state index in [0.717, 1.165) is 23.6 Å². The number of aryl methyl sites for hydroxylation is 1. The Kier molecular flexibility index (Phi) is 17.1. The SMILES string of the molecule is C=CC(=O)O.CCCCCCCCCc1ccccc1O.OCc1ccccc1. The van der Waals surface area contributed by atoms with Crippen molar-refractivity contribution in [2.75, 3.05) is 0 Å². The number of phenolic OH excluding ortho intramolecular Hbond substituents is 1. The summed E-state index contributed by atoms with van der Waals surface area (Å²) in [6.45, 7) is 5.35. The van der Waals surface area contributed by atoms with E-state index in [-0.39, 0.29) is 6.61 Å². The van der Waals surface area contributed by atoms with Gasteiger partial charge in [0, 0.05) is 6.08 Å². The molecule has 0 aliphatic heterocycles. The smallest absolute Gasteiger partial charge is 0.327 e. The zero-order chi connectivity index (χ0) is 21.7. The highest BCUT2D eigenvalue weighted by Crippen LogP contribution is 2.18. The molecule has 0 aromatic heterocycles. The molecule has 0 aliphatic rings. The second kappa shape index (κ2) is 18.8. The lowest BCUT2D eigenvalue weighted by Crippen LogP contribution is -1.87. The van der Waals surface area contributed by atoms with Crippen molar-refractivity contribution >= 4 is 5.97 Å². The van der Waals surface area contributed by atoms with E-state index in [1.54, 1.807) is 6.07 Å². The Labute approximate surface area is 175 Å². The van der Waals surface area contributed by atoms with Gasteiger partial charge in [0.05, 0.1) is 6.61 Å². The minimum atomic E-state index is -0.981. The summed E-state index contributed by atoms with van der Waals surface area (Å²) in [5, 5.41) is 25.7. The van der Waals surface area contributed by atoms with E-state index in [9.17, 15) is 9.90 Å². The third-order valence-electron chi connectivity index (χ3n) is 4.24. The molecule has 0 spiro atoms. The van der Waals surface area contributed by atoms with Crippen LogP contribution in [0, 0.1) is 0 Å². The first-order valence-corrected chi connectivity index (χ1v) is 10.3. The first-order valence-electron chi connectivity index (χ1n) is 10.3. The van der Waals surface area contributed by atoms with Crippen LogP contribution in [0.1, 0.15) is 63.0 Å². The molecular weight excluding hydrogens is 364 g/mol. The minimum Gasteiger partial charge on any atom is -0.508 e. The summed E-state index contributed by atoms with van der Waals surface area (Å²) in [6, 6.07) is 17.2.